The summed E-state index contributed by atoms with van der Waals surface area (Å²) in [7, 11) is 0. The van der Waals surface area contributed by atoms with Crippen LogP contribution < -0.4 is 0 Å². The molecule has 2 aromatic rings. The van der Waals surface area contributed by atoms with Gasteiger partial charge < -0.3 is 0 Å². The third-order valence-corrected chi connectivity index (χ3v) is 2.77. The van der Waals surface area contributed by atoms with E-state index in [4.69, 9.17) is 0 Å². The first kappa shape index (κ1) is 9.16. The predicted octanol–water partition coefficient (Wildman–Crippen LogP) is 3.31. The van der Waals surface area contributed by atoms with Crippen LogP contribution >= 0.6 is 11.3 Å². The van der Waals surface area contributed by atoms with Gasteiger partial charge in [-0.2, -0.15) is 0 Å². The zero-order valence-electron chi connectivity index (χ0n) is 7.95. The van der Waals surface area contributed by atoms with Gasteiger partial charge in [-0.25, -0.2) is 4.98 Å². The lowest BCUT2D eigenvalue weighted by molar-refractivity contribution is 1.26. The Bertz CT molecular complexity index is 442. The molecule has 0 aliphatic rings. The van der Waals surface area contributed by atoms with Crippen LogP contribution in [0.4, 0.5) is 0 Å². The van der Waals surface area contributed by atoms with Crippen molar-refractivity contribution in [3.63, 3.8) is 0 Å². The minimum atomic E-state index is 0.971. The normalized spacial score (nSPS) is 10.1. The number of rotatable bonds is 2. The Balaban J connectivity index is 2.34. The lowest BCUT2D eigenvalue weighted by atomic mass is 10.1. The van der Waals surface area contributed by atoms with Crippen molar-refractivity contribution in [2.45, 2.75) is 6.92 Å². The van der Waals surface area contributed by atoms with E-state index >= 15 is 0 Å². The number of nitrogens with zero attached hydrogens (tertiary/aromatic N) is 1. The van der Waals surface area contributed by atoms with Crippen molar-refractivity contribution in [1.29, 1.82) is 0 Å². The van der Waals surface area contributed by atoms with Crippen molar-refractivity contribution in [3.05, 3.63) is 58.6 Å². The molecule has 0 atom stereocenters. The maximum absolute atomic E-state index is 4.40. The molecule has 0 amide bonds. The van der Waals surface area contributed by atoms with Gasteiger partial charge in [0.2, 0.25) is 0 Å². The molecule has 0 bridgehead atoms. The van der Waals surface area contributed by atoms with Crippen molar-refractivity contribution in [1.82, 2.24) is 4.98 Å². The fraction of sp³-hybridized carbons (Fsp3) is 0.0833. The van der Waals surface area contributed by atoms with Gasteiger partial charge >= 0.3 is 0 Å². The molecule has 0 N–H and O–H groups in total. The minimum Gasteiger partial charge on any atom is -0.242 e. The Labute approximate surface area is 87.8 Å². The molecule has 0 saturated carbocycles. The third kappa shape index (κ3) is 1.75. The molecule has 0 aliphatic carbocycles. The van der Waals surface area contributed by atoms with E-state index in [-0.39, 0.29) is 0 Å². The molecule has 0 saturated heterocycles. The van der Waals surface area contributed by atoms with Gasteiger partial charge in [0.1, 0.15) is 0 Å². The van der Waals surface area contributed by atoms with Crippen LogP contribution in [0.2, 0.25) is 0 Å². The summed E-state index contributed by atoms with van der Waals surface area (Å²) in [6, 6.07) is 10.8. The molecule has 69 valence electrons. The number of aromatic nitrogens is 1. The van der Waals surface area contributed by atoms with Gasteiger partial charge in [-0.1, -0.05) is 30.8 Å². The van der Waals surface area contributed by atoms with Gasteiger partial charge in [0.25, 0.3) is 0 Å². The standard InChI is InChI=1S/C12H10NS/c1-9(11-6-4-3-5-7-11)12-8-14-10(2)13-12/h4-8H,1H2,2H3. The fourth-order valence-corrected chi connectivity index (χ4v) is 1.87. The second-order valence-corrected chi connectivity index (χ2v) is 4.08. The van der Waals surface area contributed by atoms with E-state index in [1.165, 1.54) is 0 Å². The molecular weight excluding hydrogens is 190 g/mol. The molecule has 0 fully saturated rings. The Hall–Kier alpha value is -1.41. The van der Waals surface area contributed by atoms with Crippen molar-refractivity contribution >= 4 is 16.9 Å². The van der Waals surface area contributed by atoms with Crippen molar-refractivity contribution < 1.29 is 0 Å². The molecule has 1 heterocycles. The summed E-state index contributed by atoms with van der Waals surface area (Å²) >= 11 is 1.65. The zero-order chi connectivity index (χ0) is 9.97. The molecule has 2 heteroatoms. The highest BCUT2D eigenvalue weighted by molar-refractivity contribution is 7.09. The van der Waals surface area contributed by atoms with Gasteiger partial charge in [-0.3, -0.25) is 0 Å². The van der Waals surface area contributed by atoms with Crippen LogP contribution in [-0.2, 0) is 0 Å². The number of hydrogen-bond acceptors (Lipinski definition) is 2. The lowest BCUT2D eigenvalue weighted by Gasteiger charge is -2.00. The molecule has 1 aromatic carbocycles. The summed E-state index contributed by atoms with van der Waals surface area (Å²) in [6.45, 7) is 6.04. The van der Waals surface area contributed by atoms with E-state index in [0.717, 1.165) is 21.8 Å². The lowest BCUT2D eigenvalue weighted by Crippen LogP contribution is -1.85. The molecule has 0 unspecified atom stereocenters. The van der Waals surface area contributed by atoms with Gasteiger partial charge in [0.15, 0.2) is 0 Å². The van der Waals surface area contributed by atoms with E-state index in [1.807, 2.05) is 36.6 Å². The Morgan fingerprint density at radius 2 is 2.14 bits per heavy atom. The van der Waals surface area contributed by atoms with Gasteiger partial charge in [-0.15, -0.1) is 11.3 Å². The summed E-state index contributed by atoms with van der Waals surface area (Å²) in [4.78, 5) is 4.40. The maximum Gasteiger partial charge on any atom is 0.0901 e. The maximum atomic E-state index is 4.40. The Morgan fingerprint density at radius 3 is 2.71 bits per heavy atom. The Morgan fingerprint density at radius 1 is 1.43 bits per heavy atom. The van der Waals surface area contributed by atoms with E-state index in [0.29, 0.717) is 0 Å². The summed E-state index contributed by atoms with van der Waals surface area (Å²) < 4.78 is 0. The van der Waals surface area contributed by atoms with E-state index < -0.39 is 0 Å². The molecular formula is C12H10NS. The quantitative estimate of drug-likeness (QED) is 0.724. The first-order valence-corrected chi connectivity index (χ1v) is 5.23. The zero-order valence-corrected chi connectivity index (χ0v) is 8.77. The summed E-state index contributed by atoms with van der Waals surface area (Å²) in [5, 5.41) is 3.11. The average molecular weight is 200 g/mol. The highest BCUT2D eigenvalue weighted by Crippen LogP contribution is 2.22. The topological polar surface area (TPSA) is 12.9 Å². The van der Waals surface area contributed by atoms with Crippen LogP contribution in [0.1, 0.15) is 16.3 Å². The van der Waals surface area contributed by atoms with E-state index in [2.05, 4.69) is 17.6 Å². The van der Waals surface area contributed by atoms with Crippen LogP contribution in [0.15, 0.2) is 36.2 Å². The van der Waals surface area contributed by atoms with E-state index in [1.54, 1.807) is 11.3 Å². The fourth-order valence-electron chi connectivity index (χ4n) is 1.24. The molecule has 1 nitrogen and oxygen atoms in total. The van der Waals surface area contributed by atoms with Crippen LogP contribution in [0.3, 0.4) is 0 Å². The summed E-state index contributed by atoms with van der Waals surface area (Å²) in [5.41, 5.74) is 3.05. The summed E-state index contributed by atoms with van der Waals surface area (Å²) in [6.07, 6.45) is 0. The van der Waals surface area contributed by atoms with Crippen LogP contribution in [0.25, 0.3) is 5.57 Å². The second kappa shape index (κ2) is 3.76. The van der Waals surface area contributed by atoms with Crippen molar-refractivity contribution in [3.8, 4) is 0 Å². The van der Waals surface area contributed by atoms with Gasteiger partial charge in [0, 0.05) is 11.0 Å². The third-order valence-electron chi connectivity index (χ3n) is 1.99. The first-order chi connectivity index (χ1) is 6.77. The molecule has 1 aromatic heterocycles. The average Bonchev–Trinajstić information content (AvgIpc) is 2.65. The smallest absolute Gasteiger partial charge is 0.0901 e. The highest BCUT2D eigenvalue weighted by atomic mass is 32.1. The second-order valence-electron chi connectivity index (χ2n) is 3.02. The number of benzene rings is 1. The molecule has 0 aliphatic heterocycles. The molecule has 2 rings (SSSR count). The van der Waals surface area contributed by atoms with E-state index in [9.17, 15) is 0 Å². The van der Waals surface area contributed by atoms with Gasteiger partial charge in [0.05, 0.1) is 10.7 Å². The molecule has 1 radical (unpaired) electrons. The Kier molecular flexibility index (Phi) is 2.46. The van der Waals surface area contributed by atoms with Crippen LogP contribution in [-0.4, -0.2) is 4.98 Å². The van der Waals surface area contributed by atoms with Crippen molar-refractivity contribution in [2.75, 3.05) is 0 Å². The van der Waals surface area contributed by atoms with Crippen LogP contribution in [0.5, 0.6) is 0 Å². The number of aryl methyl sites for hydroxylation is 1. The molecule has 0 spiro atoms. The van der Waals surface area contributed by atoms with Crippen molar-refractivity contribution in [2.24, 2.45) is 0 Å². The number of thiazole rings is 1. The molecule has 14 heavy (non-hydrogen) atoms. The van der Waals surface area contributed by atoms with Crippen LogP contribution in [0, 0.1) is 13.0 Å². The van der Waals surface area contributed by atoms with Gasteiger partial charge in [-0.05, 0) is 18.6 Å². The monoisotopic (exact) mass is 200 g/mol. The minimum absolute atomic E-state index is 0.971. The SMILES string of the molecule is C=C(c1cc[c]cc1)c1csc(C)n1. The predicted molar refractivity (Wildman–Crippen MR) is 60.3 cm³/mol. The highest BCUT2D eigenvalue weighted by Gasteiger charge is 2.04. The largest absolute Gasteiger partial charge is 0.242 e. The number of hydrogen-bond donors (Lipinski definition) is 0. The first-order valence-electron chi connectivity index (χ1n) is 4.35. The summed E-state index contributed by atoms with van der Waals surface area (Å²) in [5.74, 6) is 0.